The SMILES string of the molecule is COc1cc(C2C(C(=O)OCC(C)C)=C(C)N=c3s/c(=C\c4cccc([N+](=O)[O-])c4)c(=O)n32)ccc1OCCC(C)C. The molecule has 2 aromatic carbocycles. The Morgan fingerprint density at radius 1 is 1.14 bits per heavy atom. The largest absolute Gasteiger partial charge is 0.493 e. The van der Waals surface area contributed by atoms with E-state index in [1.165, 1.54) is 23.8 Å². The summed E-state index contributed by atoms with van der Waals surface area (Å²) in [4.78, 5) is 43.2. The van der Waals surface area contributed by atoms with Gasteiger partial charge in [-0.2, -0.15) is 0 Å². The van der Waals surface area contributed by atoms with Crippen LogP contribution in [-0.2, 0) is 9.53 Å². The fourth-order valence-electron chi connectivity index (χ4n) is 4.48. The number of hydrogen-bond acceptors (Lipinski definition) is 9. The van der Waals surface area contributed by atoms with Crippen molar-refractivity contribution in [1.29, 1.82) is 0 Å². The summed E-state index contributed by atoms with van der Waals surface area (Å²) in [5.74, 6) is 1.07. The van der Waals surface area contributed by atoms with Gasteiger partial charge in [0, 0.05) is 12.1 Å². The Morgan fingerprint density at radius 3 is 2.57 bits per heavy atom. The molecule has 0 fully saturated rings. The number of non-ortho nitro benzene ring substituents is 1. The molecule has 1 aliphatic heterocycles. The van der Waals surface area contributed by atoms with Crippen molar-refractivity contribution in [2.75, 3.05) is 20.3 Å². The molecule has 222 valence electrons. The maximum Gasteiger partial charge on any atom is 0.338 e. The molecule has 42 heavy (non-hydrogen) atoms. The van der Waals surface area contributed by atoms with Crippen molar-refractivity contribution in [2.45, 2.75) is 47.1 Å². The van der Waals surface area contributed by atoms with Crippen LogP contribution in [-0.4, -0.2) is 35.8 Å². The van der Waals surface area contributed by atoms with Gasteiger partial charge in [-0.3, -0.25) is 19.5 Å². The minimum absolute atomic E-state index is 0.0803. The summed E-state index contributed by atoms with van der Waals surface area (Å²) in [7, 11) is 1.54. The number of allylic oxidation sites excluding steroid dienone is 1. The molecule has 0 spiro atoms. The summed E-state index contributed by atoms with van der Waals surface area (Å²) in [6.45, 7) is 10.6. The third-order valence-corrected chi connectivity index (χ3v) is 7.61. The average molecular weight is 594 g/mol. The van der Waals surface area contributed by atoms with Crippen LogP contribution in [0.5, 0.6) is 11.5 Å². The number of carbonyl (C=O) groups excluding carboxylic acids is 1. The van der Waals surface area contributed by atoms with Crippen molar-refractivity contribution in [3.63, 3.8) is 0 Å². The highest BCUT2D eigenvalue weighted by atomic mass is 32.1. The third kappa shape index (κ3) is 6.79. The molecule has 1 atom stereocenters. The highest BCUT2D eigenvalue weighted by Crippen LogP contribution is 2.36. The number of hydrogen-bond donors (Lipinski definition) is 0. The van der Waals surface area contributed by atoms with E-state index in [1.54, 1.807) is 37.3 Å². The number of nitro groups is 1. The van der Waals surface area contributed by atoms with Crippen molar-refractivity contribution < 1.29 is 23.9 Å². The van der Waals surface area contributed by atoms with E-state index < -0.39 is 16.9 Å². The number of esters is 1. The summed E-state index contributed by atoms with van der Waals surface area (Å²) < 4.78 is 19.0. The molecule has 4 rings (SSSR count). The molecule has 2 heterocycles. The summed E-state index contributed by atoms with van der Waals surface area (Å²) in [6, 6.07) is 10.6. The van der Waals surface area contributed by atoms with E-state index in [0.717, 1.165) is 17.8 Å². The summed E-state index contributed by atoms with van der Waals surface area (Å²) >= 11 is 1.15. The van der Waals surface area contributed by atoms with E-state index in [9.17, 15) is 19.7 Å². The van der Waals surface area contributed by atoms with Crippen molar-refractivity contribution >= 4 is 29.1 Å². The molecule has 10 nitrogen and oxygen atoms in total. The van der Waals surface area contributed by atoms with Crippen LogP contribution in [0.4, 0.5) is 5.69 Å². The van der Waals surface area contributed by atoms with Crippen LogP contribution in [0.2, 0.25) is 0 Å². The lowest BCUT2D eigenvalue weighted by Gasteiger charge is -2.25. The number of thiazole rings is 1. The second-order valence-electron chi connectivity index (χ2n) is 10.9. The summed E-state index contributed by atoms with van der Waals surface area (Å²) in [5, 5.41) is 11.3. The molecule has 11 heteroatoms. The molecule has 0 aliphatic carbocycles. The number of nitrogens with zero attached hydrogens (tertiary/aromatic N) is 3. The van der Waals surface area contributed by atoms with Crippen molar-refractivity contribution in [1.82, 2.24) is 4.57 Å². The standard InChI is InChI=1S/C31H35N3O7S/c1-18(2)12-13-40-24-11-10-22(16-25(24)39-6)28-27(30(36)41-17-19(3)4)20(5)32-31-33(28)29(35)26(42-31)15-21-8-7-9-23(14-21)34(37)38/h7-11,14-16,18-19,28H,12-13,17H2,1-6H3/b26-15-. The number of carbonyl (C=O) groups is 1. The number of fused-ring (bicyclic) bond motifs is 1. The number of aromatic nitrogens is 1. The first-order valence-electron chi connectivity index (χ1n) is 13.7. The Labute approximate surface area is 247 Å². The van der Waals surface area contributed by atoms with Crippen LogP contribution in [0.25, 0.3) is 6.08 Å². The molecular weight excluding hydrogens is 558 g/mol. The van der Waals surface area contributed by atoms with E-state index >= 15 is 0 Å². The van der Waals surface area contributed by atoms with Crippen LogP contribution in [0.1, 0.15) is 58.2 Å². The summed E-state index contributed by atoms with van der Waals surface area (Å²) in [6.07, 6.45) is 2.47. The van der Waals surface area contributed by atoms with E-state index in [2.05, 4.69) is 18.8 Å². The van der Waals surface area contributed by atoms with Gasteiger partial charge in [0.25, 0.3) is 11.2 Å². The monoisotopic (exact) mass is 593 g/mol. The zero-order chi connectivity index (χ0) is 30.6. The maximum absolute atomic E-state index is 13.9. The molecule has 0 bridgehead atoms. The molecule has 0 saturated carbocycles. The van der Waals surface area contributed by atoms with E-state index in [-0.39, 0.29) is 29.3 Å². The molecule has 1 aromatic heterocycles. The number of ether oxygens (including phenoxy) is 3. The average Bonchev–Trinajstić information content (AvgIpc) is 3.24. The quantitative estimate of drug-likeness (QED) is 0.178. The minimum atomic E-state index is -0.841. The van der Waals surface area contributed by atoms with Crippen LogP contribution in [0.3, 0.4) is 0 Å². The predicted octanol–water partition coefficient (Wildman–Crippen LogP) is 4.78. The zero-order valence-electron chi connectivity index (χ0n) is 24.6. The molecule has 1 aliphatic rings. The first-order valence-corrected chi connectivity index (χ1v) is 14.6. The van der Waals surface area contributed by atoms with Gasteiger partial charge in [-0.05, 0) is 54.5 Å². The van der Waals surface area contributed by atoms with Crippen molar-refractivity contribution in [3.05, 3.63) is 94.7 Å². The summed E-state index contributed by atoms with van der Waals surface area (Å²) in [5.41, 5.74) is 1.35. The Hall–Kier alpha value is -4.25. The molecule has 1 unspecified atom stereocenters. The molecule has 0 saturated heterocycles. The first kappa shape index (κ1) is 30.7. The maximum atomic E-state index is 13.9. The van der Waals surface area contributed by atoms with Crippen molar-refractivity contribution in [3.8, 4) is 11.5 Å². The second kappa shape index (κ2) is 13.2. The smallest absolute Gasteiger partial charge is 0.338 e. The highest BCUT2D eigenvalue weighted by molar-refractivity contribution is 7.07. The van der Waals surface area contributed by atoms with Crippen LogP contribution >= 0.6 is 11.3 Å². The van der Waals surface area contributed by atoms with Gasteiger partial charge in [-0.15, -0.1) is 0 Å². The van der Waals surface area contributed by atoms with E-state index in [0.29, 0.717) is 50.2 Å². The van der Waals surface area contributed by atoms with Gasteiger partial charge < -0.3 is 14.2 Å². The molecule has 0 N–H and O–H groups in total. The predicted molar refractivity (Wildman–Crippen MR) is 161 cm³/mol. The van der Waals surface area contributed by atoms with Gasteiger partial charge in [0.1, 0.15) is 0 Å². The zero-order valence-corrected chi connectivity index (χ0v) is 25.4. The van der Waals surface area contributed by atoms with Gasteiger partial charge in [0.2, 0.25) is 0 Å². The number of nitro benzene ring substituents is 1. The topological polar surface area (TPSA) is 122 Å². The highest BCUT2D eigenvalue weighted by Gasteiger charge is 2.34. The van der Waals surface area contributed by atoms with Crippen LogP contribution in [0, 0.1) is 22.0 Å². The minimum Gasteiger partial charge on any atom is -0.493 e. The van der Waals surface area contributed by atoms with Gasteiger partial charge in [-0.1, -0.05) is 57.2 Å². The Kier molecular flexibility index (Phi) is 9.62. The lowest BCUT2D eigenvalue weighted by molar-refractivity contribution is -0.384. The van der Waals surface area contributed by atoms with Gasteiger partial charge in [0.15, 0.2) is 16.3 Å². The fraction of sp³-hybridized carbons (Fsp3) is 0.387. The van der Waals surface area contributed by atoms with E-state index in [1.807, 2.05) is 19.9 Å². The molecule has 0 radical (unpaired) electrons. The first-order chi connectivity index (χ1) is 20.0. The van der Waals surface area contributed by atoms with Crippen LogP contribution < -0.4 is 24.4 Å². The lowest BCUT2D eigenvalue weighted by Crippen LogP contribution is -2.40. The van der Waals surface area contributed by atoms with Crippen LogP contribution in [0.15, 0.2) is 63.5 Å². The fourth-order valence-corrected chi connectivity index (χ4v) is 5.52. The molecular formula is C31H35N3O7S. The normalized spacial score (nSPS) is 15.0. The van der Waals surface area contributed by atoms with Gasteiger partial charge >= 0.3 is 5.97 Å². The number of benzene rings is 2. The Bertz CT molecular complexity index is 1700. The molecule has 0 amide bonds. The second-order valence-corrected chi connectivity index (χ2v) is 11.9. The molecule has 3 aromatic rings. The number of methoxy groups -OCH3 is 1. The lowest BCUT2D eigenvalue weighted by atomic mass is 9.95. The number of rotatable bonds is 11. The van der Waals surface area contributed by atoms with Gasteiger partial charge in [0.05, 0.1) is 47.1 Å². The van der Waals surface area contributed by atoms with Crippen molar-refractivity contribution in [2.24, 2.45) is 16.8 Å². The van der Waals surface area contributed by atoms with Gasteiger partial charge in [-0.25, -0.2) is 9.79 Å². The Morgan fingerprint density at radius 2 is 1.90 bits per heavy atom. The van der Waals surface area contributed by atoms with E-state index in [4.69, 9.17) is 14.2 Å². The third-order valence-electron chi connectivity index (χ3n) is 6.62. The Balaban J connectivity index is 1.86.